The van der Waals surface area contributed by atoms with E-state index in [2.05, 4.69) is 5.32 Å². The molecule has 0 aromatic carbocycles. The Kier molecular flexibility index (Phi) is 5.92. The number of aliphatic hydroxyl groups is 1. The molecule has 1 rings (SSSR count). The van der Waals surface area contributed by atoms with Crippen LogP contribution < -0.4 is 5.32 Å². The largest absolute Gasteiger partial charge is 0.469 e. The lowest BCUT2D eigenvalue weighted by Crippen LogP contribution is -2.26. The number of carbonyl (C=O) groups excluding carboxylic acids is 1. The minimum absolute atomic E-state index is 0.0493. The van der Waals surface area contributed by atoms with Gasteiger partial charge >= 0.3 is 0 Å². The molecule has 4 heteroatoms. The second-order valence-corrected chi connectivity index (χ2v) is 5.36. The summed E-state index contributed by atoms with van der Waals surface area (Å²) in [7, 11) is 0. The number of amides is 1. The zero-order chi connectivity index (χ0) is 13.4. The summed E-state index contributed by atoms with van der Waals surface area (Å²) in [5.41, 5.74) is -0.0567. The number of rotatable bonds is 8. The Morgan fingerprint density at radius 2 is 2.28 bits per heavy atom. The van der Waals surface area contributed by atoms with Crippen LogP contribution in [0.1, 0.15) is 38.9 Å². The van der Waals surface area contributed by atoms with Crippen molar-refractivity contribution in [2.75, 3.05) is 13.2 Å². The van der Waals surface area contributed by atoms with E-state index in [-0.39, 0.29) is 17.9 Å². The third-order valence-corrected chi connectivity index (χ3v) is 2.96. The standard InChI is InChI=1S/C14H23NO3/c1-14(2,11-16)8-4-9-15-13(17)7-6-12-5-3-10-18-12/h3,5,10,16H,4,6-9,11H2,1-2H3,(H,15,17). The Labute approximate surface area is 108 Å². The van der Waals surface area contributed by atoms with Crippen LogP contribution in [0.15, 0.2) is 22.8 Å². The van der Waals surface area contributed by atoms with E-state index in [1.54, 1.807) is 6.26 Å². The van der Waals surface area contributed by atoms with E-state index in [0.29, 0.717) is 19.4 Å². The van der Waals surface area contributed by atoms with Crippen LogP contribution in [0.2, 0.25) is 0 Å². The zero-order valence-electron chi connectivity index (χ0n) is 11.2. The summed E-state index contributed by atoms with van der Waals surface area (Å²) >= 11 is 0. The fourth-order valence-corrected chi connectivity index (χ4v) is 1.65. The molecule has 0 atom stereocenters. The molecule has 102 valence electrons. The first-order valence-corrected chi connectivity index (χ1v) is 6.43. The Bertz CT molecular complexity index is 344. The first-order valence-electron chi connectivity index (χ1n) is 6.43. The lowest BCUT2D eigenvalue weighted by molar-refractivity contribution is -0.121. The topological polar surface area (TPSA) is 62.5 Å². The summed E-state index contributed by atoms with van der Waals surface area (Å²) in [5, 5.41) is 12.0. The van der Waals surface area contributed by atoms with Crippen molar-refractivity contribution in [1.29, 1.82) is 0 Å². The third-order valence-electron chi connectivity index (χ3n) is 2.96. The molecular weight excluding hydrogens is 230 g/mol. The molecule has 18 heavy (non-hydrogen) atoms. The summed E-state index contributed by atoms with van der Waals surface area (Å²) in [6.45, 7) is 4.89. The van der Waals surface area contributed by atoms with Crippen LogP contribution in [0.3, 0.4) is 0 Å². The molecule has 0 saturated carbocycles. The van der Waals surface area contributed by atoms with Gasteiger partial charge in [-0.1, -0.05) is 13.8 Å². The van der Waals surface area contributed by atoms with Crippen molar-refractivity contribution in [3.8, 4) is 0 Å². The minimum Gasteiger partial charge on any atom is -0.469 e. The first-order chi connectivity index (χ1) is 8.53. The van der Waals surface area contributed by atoms with Crippen LogP contribution in [0, 0.1) is 5.41 Å². The van der Waals surface area contributed by atoms with Gasteiger partial charge in [-0.05, 0) is 30.4 Å². The summed E-state index contributed by atoms with van der Waals surface area (Å²) in [6.07, 6.45) is 4.50. The number of aryl methyl sites for hydroxylation is 1. The summed E-state index contributed by atoms with van der Waals surface area (Å²) < 4.78 is 5.16. The van der Waals surface area contributed by atoms with Gasteiger partial charge in [-0.3, -0.25) is 4.79 Å². The van der Waals surface area contributed by atoms with Gasteiger partial charge in [-0.2, -0.15) is 0 Å². The van der Waals surface area contributed by atoms with Crippen molar-refractivity contribution in [3.63, 3.8) is 0 Å². The second-order valence-electron chi connectivity index (χ2n) is 5.36. The molecule has 0 radical (unpaired) electrons. The number of carbonyl (C=O) groups is 1. The highest BCUT2D eigenvalue weighted by Gasteiger charge is 2.15. The number of hydrogen-bond acceptors (Lipinski definition) is 3. The minimum atomic E-state index is -0.0567. The van der Waals surface area contributed by atoms with Crippen molar-refractivity contribution in [3.05, 3.63) is 24.2 Å². The van der Waals surface area contributed by atoms with Gasteiger partial charge in [0, 0.05) is 26.0 Å². The molecule has 1 heterocycles. The van der Waals surface area contributed by atoms with Crippen LogP contribution in [0.25, 0.3) is 0 Å². The molecule has 0 spiro atoms. The number of aliphatic hydroxyl groups excluding tert-OH is 1. The molecule has 1 aromatic rings. The third kappa shape index (κ3) is 5.87. The zero-order valence-corrected chi connectivity index (χ0v) is 11.2. The van der Waals surface area contributed by atoms with Crippen LogP contribution in [0.5, 0.6) is 0 Å². The van der Waals surface area contributed by atoms with E-state index in [1.807, 2.05) is 26.0 Å². The molecule has 0 fully saturated rings. The molecular formula is C14H23NO3. The summed E-state index contributed by atoms with van der Waals surface area (Å²) in [6, 6.07) is 3.70. The van der Waals surface area contributed by atoms with Crippen molar-refractivity contribution < 1.29 is 14.3 Å². The van der Waals surface area contributed by atoms with E-state index in [4.69, 9.17) is 9.52 Å². The molecule has 1 aromatic heterocycles. The Morgan fingerprint density at radius 3 is 2.89 bits per heavy atom. The van der Waals surface area contributed by atoms with E-state index in [9.17, 15) is 4.79 Å². The monoisotopic (exact) mass is 253 g/mol. The maximum absolute atomic E-state index is 11.5. The van der Waals surface area contributed by atoms with Crippen molar-refractivity contribution in [2.24, 2.45) is 5.41 Å². The summed E-state index contributed by atoms with van der Waals surface area (Å²) in [5.74, 6) is 0.889. The molecule has 0 bridgehead atoms. The van der Waals surface area contributed by atoms with Gasteiger partial charge in [0.2, 0.25) is 5.91 Å². The Morgan fingerprint density at radius 1 is 1.50 bits per heavy atom. The van der Waals surface area contributed by atoms with Crippen molar-refractivity contribution in [2.45, 2.75) is 39.5 Å². The van der Waals surface area contributed by atoms with Gasteiger partial charge in [0.25, 0.3) is 0 Å². The van der Waals surface area contributed by atoms with Crippen molar-refractivity contribution in [1.82, 2.24) is 5.32 Å². The fraction of sp³-hybridized carbons (Fsp3) is 0.643. The first kappa shape index (κ1) is 14.8. The van der Waals surface area contributed by atoms with E-state index < -0.39 is 0 Å². The van der Waals surface area contributed by atoms with E-state index in [1.165, 1.54) is 0 Å². The smallest absolute Gasteiger partial charge is 0.220 e. The molecule has 2 N–H and O–H groups in total. The maximum Gasteiger partial charge on any atom is 0.220 e. The predicted molar refractivity (Wildman–Crippen MR) is 70.1 cm³/mol. The van der Waals surface area contributed by atoms with E-state index >= 15 is 0 Å². The van der Waals surface area contributed by atoms with Crippen LogP contribution >= 0.6 is 0 Å². The average Bonchev–Trinajstić information content (AvgIpc) is 2.85. The second kappa shape index (κ2) is 7.21. The number of furan rings is 1. The Hall–Kier alpha value is -1.29. The number of nitrogens with one attached hydrogen (secondary N) is 1. The molecule has 0 aliphatic heterocycles. The molecule has 0 unspecified atom stereocenters. The van der Waals surface area contributed by atoms with Crippen molar-refractivity contribution >= 4 is 5.91 Å². The Balaban J connectivity index is 2.07. The maximum atomic E-state index is 11.5. The van der Waals surface area contributed by atoms with E-state index in [0.717, 1.165) is 18.6 Å². The molecule has 1 amide bonds. The van der Waals surface area contributed by atoms with Gasteiger partial charge in [-0.15, -0.1) is 0 Å². The van der Waals surface area contributed by atoms with Gasteiger partial charge in [-0.25, -0.2) is 0 Å². The molecule has 0 saturated heterocycles. The SMILES string of the molecule is CC(C)(CO)CCCNC(=O)CCc1ccco1. The van der Waals surface area contributed by atoms with Gasteiger partial charge in [0.05, 0.1) is 6.26 Å². The lowest BCUT2D eigenvalue weighted by atomic mass is 9.89. The quantitative estimate of drug-likeness (QED) is 0.698. The molecule has 0 aliphatic rings. The van der Waals surface area contributed by atoms with Gasteiger partial charge in [0.15, 0.2) is 0 Å². The summed E-state index contributed by atoms with van der Waals surface area (Å²) in [4.78, 5) is 11.5. The highest BCUT2D eigenvalue weighted by Crippen LogP contribution is 2.20. The predicted octanol–water partition coefficient (Wildman–Crippen LogP) is 2.13. The van der Waals surface area contributed by atoms with Crippen LogP contribution in [-0.4, -0.2) is 24.2 Å². The molecule has 0 aliphatic carbocycles. The van der Waals surface area contributed by atoms with Crippen LogP contribution in [0.4, 0.5) is 0 Å². The van der Waals surface area contributed by atoms with Gasteiger partial charge < -0.3 is 14.8 Å². The highest BCUT2D eigenvalue weighted by molar-refractivity contribution is 5.75. The highest BCUT2D eigenvalue weighted by atomic mass is 16.3. The number of hydrogen-bond donors (Lipinski definition) is 2. The average molecular weight is 253 g/mol. The van der Waals surface area contributed by atoms with Crippen LogP contribution in [-0.2, 0) is 11.2 Å². The fourth-order valence-electron chi connectivity index (χ4n) is 1.65. The lowest BCUT2D eigenvalue weighted by Gasteiger charge is -2.21. The molecule has 4 nitrogen and oxygen atoms in total. The van der Waals surface area contributed by atoms with Gasteiger partial charge in [0.1, 0.15) is 5.76 Å². The normalized spacial score (nSPS) is 11.5.